The molecule has 0 aliphatic carbocycles. The summed E-state index contributed by atoms with van der Waals surface area (Å²) in [7, 11) is 0. The van der Waals surface area contributed by atoms with Gasteiger partial charge in [-0.15, -0.1) is 0 Å². The van der Waals surface area contributed by atoms with Crippen LogP contribution in [0.3, 0.4) is 0 Å². The van der Waals surface area contributed by atoms with E-state index >= 15 is 0 Å². The normalized spacial score (nSPS) is 12.1. The topological polar surface area (TPSA) is 72.5 Å². The summed E-state index contributed by atoms with van der Waals surface area (Å²) in [5.74, 6) is -0.414. The average Bonchev–Trinajstić information content (AvgIpc) is 2.17. The largest absolute Gasteiger partial charge is 0.462 e. The molecule has 4 heteroatoms. The molecule has 1 atom stereocenters. The monoisotopic (exact) mass is 209 g/mol. The van der Waals surface area contributed by atoms with Crippen LogP contribution in [0.1, 0.15) is 23.7 Å². The highest BCUT2D eigenvalue weighted by molar-refractivity contribution is 5.90. The van der Waals surface area contributed by atoms with Crippen molar-refractivity contribution in [1.29, 1.82) is 0 Å². The Hall–Kier alpha value is -1.55. The van der Waals surface area contributed by atoms with Crippen molar-refractivity contribution in [1.82, 2.24) is 0 Å². The van der Waals surface area contributed by atoms with Crippen molar-refractivity contribution >= 4 is 11.7 Å². The molecular formula is C11H15NO3. The smallest absolute Gasteiger partial charge is 0.338 e. The Labute approximate surface area is 88.7 Å². The summed E-state index contributed by atoms with van der Waals surface area (Å²) < 4.78 is 4.94. The Morgan fingerprint density at radius 1 is 1.60 bits per heavy atom. The summed E-state index contributed by atoms with van der Waals surface area (Å²) in [6, 6.07) is 6.60. The number of hydrogen-bond acceptors (Lipinski definition) is 4. The first-order valence-corrected chi connectivity index (χ1v) is 4.80. The number of esters is 1. The number of benzene rings is 1. The van der Waals surface area contributed by atoms with Crippen molar-refractivity contribution in [2.24, 2.45) is 0 Å². The highest BCUT2D eigenvalue weighted by atomic mass is 16.5. The number of nitrogens with two attached hydrogens (primary N) is 1. The second-order valence-corrected chi connectivity index (χ2v) is 3.40. The average molecular weight is 209 g/mol. The zero-order valence-electron chi connectivity index (χ0n) is 8.64. The Kier molecular flexibility index (Phi) is 4.12. The lowest BCUT2D eigenvalue weighted by molar-refractivity contribution is 0.0444. The van der Waals surface area contributed by atoms with Crippen LogP contribution in [0, 0.1) is 0 Å². The quantitative estimate of drug-likeness (QED) is 0.577. The summed E-state index contributed by atoms with van der Waals surface area (Å²) in [4.78, 5) is 11.4. The molecule has 1 aromatic rings. The molecule has 0 saturated carbocycles. The fourth-order valence-electron chi connectivity index (χ4n) is 1.07. The summed E-state index contributed by atoms with van der Waals surface area (Å²) in [5.41, 5.74) is 6.48. The third-order valence-electron chi connectivity index (χ3n) is 1.89. The molecule has 0 bridgehead atoms. The minimum absolute atomic E-state index is 0.214. The number of rotatable bonds is 4. The van der Waals surface area contributed by atoms with Crippen molar-refractivity contribution in [2.45, 2.75) is 19.4 Å². The molecule has 1 aromatic carbocycles. The van der Waals surface area contributed by atoms with Gasteiger partial charge in [0, 0.05) is 12.1 Å². The maximum Gasteiger partial charge on any atom is 0.338 e. The lowest BCUT2D eigenvalue weighted by atomic mass is 10.2. The van der Waals surface area contributed by atoms with Crippen LogP contribution in [0.2, 0.25) is 0 Å². The molecule has 0 radical (unpaired) electrons. The number of hydrogen-bond donors (Lipinski definition) is 2. The van der Waals surface area contributed by atoms with Gasteiger partial charge in [-0.25, -0.2) is 4.79 Å². The van der Waals surface area contributed by atoms with Gasteiger partial charge in [-0.05, 0) is 25.1 Å². The molecule has 0 aliphatic rings. The molecule has 0 fully saturated rings. The van der Waals surface area contributed by atoms with Gasteiger partial charge in [-0.2, -0.15) is 0 Å². The van der Waals surface area contributed by atoms with Crippen LogP contribution in [0.15, 0.2) is 24.3 Å². The number of aliphatic hydroxyl groups is 1. The van der Waals surface area contributed by atoms with E-state index in [1.807, 2.05) is 0 Å². The predicted molar refractivity (Wildman–Crippen MR) is 57.4 cm³/mol. The van der Waals surface area contributed by atoms with E-state index in [0.29, 0.717) is 17.7 Å². The lowest BCUT2D eigenvalue weighted by Gasteiger charge is -2.06. The fourth-order valence-corrected chi connectivity index (χ4v) is 1.07. The second kappa shape index (κ2) is 5.36. The van der Waals surface area contributed by atoms with E-state index in [1.165, 1.54) is 0 Å². The van der Waals surface area contributed by atoms with Gasteiger partial charge in [0.25, 0.3) is 0 Å². The van der Waals surface area contributed by atoms with Gasteiger partial charge in [0.2, 0.25) is 0 Å². The molecule has 0 saturated heterocycles. The molecule has 0 heterocycles. The van der Waals surface area contributed by atoms with Crippen LogP contribution in [-0.4, -0.2) is 23.8 Å². The van der Waals surface area contributed by atoms with Crippen molar-refractivity contribution in [3.05, 3.63) is 29.8 Å². The number of nitrogen functional groups attached to an aromatic ring is 1. The first-order chi connectivity index (χ1) is 7.09. The number of aliphatic hydroxyl groups excluding tert-OH is 1. The van der Waals surface area contributed by atoms with Gasteiger partial charge in [-0.3, -0.25) is 0 Å². The van der Waals surface area contributed by atoms with E-state index in [9.17, 15) is 4.79 Å². The molecule has 0 amide bonds. The van der Waals surface area contributed by atoms with Crippen LogP contribution in [0.5, 0.6) is 0 Å². The Balaban J connectivity index is 2.47. The Bertz CT molecular complexity index is 336. The van der Waals surface area contributed by atoms with Gasteiger partial charge in [0.15, 0.2) is 0 Å². The maximum absolute atomic E-state index is 11.4. The molecule has 4 nitrogen and oxygen atoms in total. The minimum Gasteiger partial charge on any atom is -0.462 e. The molecule has 1 unspecified atom stereocenters. The van der Waals surface area contributed by atoms with Crippen molar-refractivity contribution in [3.63, 3.8) is 0 Å². The van der Waals surface area contributed by atoms with Gasteiger partial charge in [-0.1, -0.05) is 6.07 Å². The molecule has 0 spiro atoms. The summed E-state index contributed by atoms with van der Waals surface area (Å²) in [6.45, 7) is 1.86. The number of carbonyl (C=O) groups is 1. The molecule has 0 aliphatic heterocycles. The minimum atomic E-state index is -0.460. The third kappa shape index (κ3) is 3.99. The number of ether oxygens (including phenoxy) is 1. The Morgan fingerprint density at radius 2 is 2.33 bits per heavy atom. The van der Waals surface area contributed by atoms with Crippen LogP contribution in [0.4, 0.5) is 5.69 Å². The SMILES string of the molecule is CC(O)CCOC(=O)c1cccc(N)c1. The third-order valence-corrected chi connectivity index (χ3v) is 1.89. The Morgan fingerprint density at radius 3 is 2.93 bits per heavy atom. The molecule has 82 valence electrons. The molecule has 0 aromatic heterocycles. The highest BCUT2D eigenvalue weighted by Crippen LogP contribution is 2.08. The summed E-state index contributed by atoms with van der Waals surface area (Å²) in [6.07, 6.45) is -0.0210. The van der Waals surface area contributed by atoms with Crippen molar-refractivity contribution < 1.29 is 14.6 Å². The lowest BCUT2D eigenvalue weighted by Crippen LogP contribution is -2.11. The van der Waals surface area contributed by atoms with E-state index < -0.39 is 12.1 Å². The number of carbonyl (C=O) groups excluding carboxylic acids is 1. The van der Waals surface area contributed by atoms with Crippen LogP contribution < -0.4 is 5.73 Å². The second-order valence-electron chi connectivity index (χ2n) is 3.40. The van der Waals surface area contributed by atoms with Gasteiger partial charge < -0.3 is 15.6 Å². The van der Waals surface area contributed by atoms with E-state index in [4.69, 9.17) is 15.6 Å². The molecule has 15 heavy (non-hydrogen) atoms. The summed E-state index contributed by atoms with van der Waals surface area (Å²) in [5, 5.41) is 8.97. The molecular weight excluding hydrogens is 194 g/mol. The molecule has 3 N–H and O–H groups in total. The zero-order valence-corrected chi connectivity index (χ0v) is 8.64. The first-order valence-electron chi connectivity index (χ1n) is 4.80. The van der Waals surface area contributed by atoms with Crippen LogP contribution >= 0.6 is 0 Å². The van der Waals surface area contributed by atoms with Gasteiger partial charge in [0.05, 0.1) is 18.3 Å². The highest BCUT2D eigenvalue weighted by Gasteiger charge is 2.07. The van der Waals surface area contributed by atoms with Crippen molar-refractivity contribution in [3.8, 4) is 0 Å². The summed E-state index contributed by atoms with van der Waals surface area (Å²) >= 11 is 0. The van der Waals surface area contributed by atoms with Crippen LogP contribution in [0.25, 0.3) is 0 Å². The van der Waals surface area contributed by atoms with Gasteiger partial charge in [0.1, 0.15) is 0 Å². The predicted octanol–water partition coefficient (Wildman–Crippen LogP) is 1.20. The number of anilines is 1. The molecule has 1 rings (SSSR count). The first kappa shape index (κ1) is 11.5. The zero-order chi connectivity index (χ0) is 11.3. The van der Waals surface area contributed by atoms with E-state index in [1.54, 1.807) is 31.2 Å². The van der Waals surface area contributed by atoms with E-state index in [2.05, 4.69) is 0 Å². The van der Waals surface area contributed by atoms with Crippen molar-refractivity contribution in [2.75, 3.05) is 12.3 Å². The van der Waals surface area contributed by atoms with Gasteiger partial charge >= 0.3 is 5.97 Å². The standard InChI is InChI=1S/C11H15NO3/c1-8(13)5-6-15-11(14)9-3-2-4-10(12)7-9/h2-4,7-8,13H,5-6,12H2,1H3. The van der Waals surface area contributed by atoms with E-state index in [0.717, 1.165) is 0 Å². The fraction of sp³-hybridized carbons (Fsp3) is 0.364. The van der Waals surface area contributed by atoms with E-state index in [-0.39, 0.29) is 6.61 Å². The van der Waals surface area contributed by atoms with Crippen LogP contribution in [-0.2, 0) is 4.74 Å². The maximum atomic E-state index is 11.4.